The number of para-hydroxylation sites is 1. The summed E-state index contributed by atoms with van der Waals surface area (Å²) in [6.45, 7) is 0. The Bertz CT molecular complexity index is 1120. The summed E-state index contributed by atoms with van der Waals surface area (Å²) in [6, 6.07) is 18.8. The molecule has 0 saturated heterocycles. The molecule has 0 atom stereocenters. The van der Waals surface area contributed by atoms with Crippen LogP contribution < -0.4 is 4.90 Å². The van der Waals surface area contributed by atoms with Crippen molar-refractivity contribution >= 4 is 34.2 Å². The molecule has 28 heavy (non-hydrogen) atoms. The number of aromatic nitrogens is 3. The van der Waals surface area contributed by atoms with E-state index in [1.165, 1.54) is 0 Å². The Labute approximate surface area is 166 Å². The minimum absolute atomic E-state index is 0.0750. The molecule has 0 aliphatic carbocycles. The van der Waals surface area contributed by atoms with Gasteiger partial charge in [0.15, 0.2) is 0 Å². The summed E-state index contributed by atoms with van der Waals surface area (Å²) in [6.07, 6.45) is 0.602. The lowest BCUT2D eigenvalue weighted by Crippen LogP contribution is -2.27. The van der Waals surface area contributed by atoms with E-state index in [1.807, 2.05) is 48.5 Å². The van der Waals surface area contributed by atoms with E-state index in [9.17, 15) is 4.79 Å². The molecule has 140 valence electrons. The summed E-state index contributed by atoms with van der Waals surface area (Å²) >= 11 is 5.89. The van der Waals surface area contributed by atoms with Crippen LogP contribution in [0.3, 0.4) is 0 Å². The highest BCUT2D eigenvalue weighted by Crippen LogP contribution is 2.20. The molecular weight excluding hydrogens is 376 g/mol. The Morgan fingerprint density at radius 3 is 2.64 bits per heavy atom. The first-order valence-electron chi connectivity index (χ1n) is 8.81. The molecule has 0 spiro atoms. The number of rotatable bonds is 5. The van der Waals surface area contributed by atoms with Crippen molar-refractivity contribution in [3.63, 3.8) is 0 Å². The highest BCUT2D eigenvalue weighted by atomic mass is 35.5. The van der Waals surface area contributed by atoms with Crippen LogP contribution in [-0.2, 0) is 11.2 Å². The number of halogens is 1. The highest BCUT2D eigenvalue weighted by molar-refractivity contribution is 6.30. The van der Waals surface area contributed by atoms with Crippen molar-refractivity contribution in [2.24, 2.45) is 0 Å². The fraction of sp³-hybridized carbons (Fsp3) is 0.143. The summed E-state index contributed by atoms with van der Waals surface area (Å²) in [5.41, 5.74) is 1.66. The number of nitrogens with zero attached hydrogens (tertiary/aromatic N) is 4. The molecule has 4 aromatic rings. The summed E-state index contributed by atoms with van der Waals surface area (Å²) in [5, 5.41) is 5.64. The van der Waals surface area contributed by atoms with Crippen molar-refractivity contribution in [3.05, 3.63) is 71.6 Å². The summed E-state index contributed by atoms with van der Waals surface area (Å²) < 4.78 is 5.26. The minimum Gasteiger partial charge on any atom is -0.339 e. The minimum atomic E-state index is -0.0750. The van der Waals surface area contributed by atoms with Gasteiger partial charge in [-0.2, -0.15) is 4.98 Å². The largest absolute Gasteiger partial charge is 0.339 e. The number of carbonyl (C=O) groups excluding carboxylic acids is 1. The normalized spacial score (nSPS) is 10.9. The monoisotopic (exact) mass is 392 g/mol. The SMILES string of the molecule is CN(C(=O)CCc1nc(-c2ccc(Cl)cc2)no1)c1ccc2ccccc2n1. The van der Waals surface area contributed by atoms with E-state index in [0.29, 0.717) is 29.0 Å². The zero-order valence-corrected chi connectivity index (χ0v) is 15.9. The van der Waals surface area contributed by atoms with Crippen LogP contribution in [0.2, 0.25) is 5.02 Å². The maximum atomic E-state index is 12.5. The average Bonchev–Trinajstić information content (AvgIpc) is 3.20. The summed E-state index contributed by atoms with van der Waals surface area (Å²) in [7, 11) is 1.71. The third-order valence-corrected chi connectivity index (χ3v) is 4.68. The Balaban J connectivity index is 1.41. The van der Waals surface area contributed by atoms with Crippen LogP contribution in [0.5, 0.6) is 0 Å². The third-order valence-electron chi connectivity index (χ3n) is 4.42. The zero-order valence-electron chi connectivity index (χ0n) is 15.2. The Hall–Kier alpha value is -3.25. The van der Waals surface area contributed by atoms with Gasteiger partial charge in [0.05, 0.1) is 5.52 Å². The molecule has 2 aromatic heterocycles. The summed E-state index contributed by atoms with van der Waals surface area (Å²) in [5.74, 6) is 1.42. The molecule has 0 N–H and O–H groups in total. The molecule has 4 rings (SSSR count). The maximum absolute atomic E-state index is 12.5. The van der Waals surface area contributed by atoms with Crippen LogP contribution in [-0.4, -0.2) is 28.1 Å². The van der Waals surface area contributed by atoms with Crippen molar-refractivity contribution in [2.75, 3.05) is 11.9 Å². The Morgan fingerprint density at radius 2 is 1.82 bits per heavy atom. The molecule has 2 aromatic carbocycles. The fourth-order valence-corrected chi connectivity index (χ4v) is 2.95. The van der Waals surface area contributed by atoms with Gasteiger partial charge < -0.3 is 4.52 Å². The van der Waals surface area contributed by atoms with E-state index in [4.69, 9.17) is 16.1 Å². The number of carbonyl (C=O) groups is 1. The van der Waals surface area contributed by atoms with Gasteiger partial charge in [-0.3, -0.25) is 9.69 Å². The third kappa shape index (κ3) is 3.87. The second-order valence-corrected chi connectivity index (χ2v) is 6.77. The lowest BCUT2D eigenvalue weighted by molar-refractivity contribution is -0.118. The zero-order chi connectivity index (χ0) is 19.5. The van der Waals surface area contributed by atoms with E-state index in [1.54, 1.807) is 24.1 Å². The molecule has 2 heterocycles. The van der Waals surface area contributed by atoms with Gasteiger partial charge >= 0.3 is 0 Å². The topological polar surface area (TPSA) is 72.1 Å². The molecule has 0 radical (unpaired) electrons. The van der Waals surface area contributed by atoms with Gasteiger partial charge in [-0.15, -0.1) is 0 Å². The standard InChI is InChI=1S/C21H17ClN4O2/c1-26(18-11-8-14-4-2-3-5-17(14)23-18)20(27)13-12-19-24-21(25-28-19)15-6-9-16(22)10-7-15/h2-11H,12-13H2,1H3. The number of aryl methyl sites for hydroxylation is 1. The molecule has 0 saturated carbocycles. The molecule has 7 heteroatoms. The van der Waals surface area contributed by atoms with Crippen molar-refractivity contribution in [2.45, 2.75) is 12.8 Å². The Morgan fingerprint density at radius 1 is 1.04 bits per heavy atom. The average molecular weight is 393 g/mol. The smallest absolute Gasteiger partial charge is 0.228 e. The van der Waals surface area contributed by atoms with Gasteiger partial charge in [0, 0.05) is 35.9 Å². The maximum Gasteiger partial charge on any atom is 0.228 e. The van der Waals surface area contributed by atoms with E-state index >= 15 is 0 Å². The second-order valence-electron chi connectivity index (χ2n) is 6.33. The van der Waals surface area contributed by atoms with Gasteiger partial charge in [0.1, 0.15) is 5.82 Å². The predicted molar refractivity (Wildman–Crippen MR) is 108 cm³/mol. The van der Waals surface area contributed by atoms with Crippen LogP contribution in [0.4, 0.5) is 5.82 Å². The molecule has 0 unspecified atom stereocenters. The highest BCUT2D eigenvalue weighted by Gasteiger charge is 2.15. The predicted octanol–water partition coefficient (Wildman–Crippen LogP) is 4.53. The van der Waals surface area contributed by atoms with Crippen molar-refractivity contribution in [1.82, 2.24) is 15.1 Å². The number of hydrogen-bond acceptors (Lipinski definition) is 5. The molecule has 6 nitrogen and oxygen atoms in total. The first kappa shape index (κ1) is 18.1. The number of hydrogen-bond donors (Lipinski definition) is 0. The molecule has 1 amide bonds. The van der Waals surface area contributed by atoms with E-state index in [2.05, 4.69) is 15.1 Å². The van der Waals surface area contributed by atoms with Crippen LogP contribution in [0.15, 0.2) is 65.2 Å². The van der Waals surface area contributed by atoms with Gasteiger partial charge in [-0.1, -0.05) is 35.0 Å². The van der Waals surface area contributed by atoms with Gasteiger partial charge in [0.25, 0.3) is 0 Å². The first-order chi connectivity index (χ1) is 13.6. The second kappa shape index (κ2) is 7.78. The van der Waals surface area contributed by atoms with Crippen LogP contribution in [0.25, 0.3) is 22.3 Å². The molecule has 0 aliphatic rings. The van der Waals surface area contributed by atoms with Crippen molar-refractivity contribution < 1.29 is 9.32 Å². The summed E-state index contributed by atoms with van der Waals surface area (Å²) in [4.78, 5) is 23.0. The molecular formula is C21H17ClN4O2. The fourth-order valence-electron chi connectivity index (χ4n) is 2.82. The van der Waals surface area contributed by atoms with E-state index < -0.39 is 0 Å². The number of anilines is 1. The van der Waals surface area contributed by atoms with Gasteiger partial charge in [-0.25, -0.2) is 4.98 Å². The van der Waals surface area contributed by atoms with Crippen LogP contribution >= 0.6 is 11.6 Å². The van der Waals surface area contributed by atoms with Crippen molar-refractivity contribution in [1.29, 1.82) is 0 Å². The lowest BCUT2D eigenvalue weighted by atomic mass is 10.2. The number of benzene rings is 2. The van der Waals surface area contributed by atoms with Gasteiger partial charge in [0.2, 0.25) is 17.6 Å². The number of pyridine rings is 1. The van der Waals surface area contributed by atoms with Gasteiger partial charge in [-0.05, 0) is 42.5 Å². The quantitative estimate of drug-likeness (QED) is 0.498. The molecule has 0 fully saturated rings. The Kier molecular flexibility index (Phi) is 5.04. The van der Waals surface area contributed by atoms with E-state index in [0.717, 1.165) is 16.5 Å². The van der Waals surface area contributed by atoms with Crippen LogP contribution in [0, 0.1) is 0 Å². The number of amides is 1. The van der Waals surface area contributed by atoms with Crippen molar-refractivity contribution in [3.8, 4) is 11.4 Å². The van der Waals surface area contributed by atoms with Crippen LogP contribution in [0.1, 0.15) is 12.3 Å². The molecule has 0 bridgehead atoms. The molecule has 0 aliphatic heterocycles. The van der Waals surface area contributed by atoms with E-state index in [-0.39, 0.29) is 12.3 Å². The lowest BCUT2D eigenvalue weighted by Gasteiger charge is -2.16. The number of fused-ring (bicyclic) bond motifs is 1. The first-order valence-corrected chi connectivity index (χ1v) is 9.19.